The number of carbonyl (C=O) groups excluding carboxylic acids is 1. The number of nitrogens with one attached hydrogen (secondary N) is 2. The average molecular weight is 334 g/mol. The van der Waals surface area contributed by atoms with Crippen molar-refractivity contribution >= 4 is 34.2 Å². The molecule has 0 aromatic heterocycles. The molecular weight excluding hydrogens is 316 g/mol. The van der Waals surface area contributed by atoms with Crippen LogP contribution in [-0.2, 0) is 11.3 Å². The summed E-state index contributed by atoms with van der Waals surface area (Å²) >= 11 is 3.39. The Morgan fingerprint density at radius 3 is 2.72 bits per heavy atom. The molecule has 1 amide bonds. The molecule has 1 aromatic rings. The third-order valence-electron chi connectivity index (χ3n) is 3.05. The van der Waals surface area contributed by atoms with E-state index in [0.29, 0.717) is 6.54 Å². The van der Waals surface area contributed by atoms with Gasteiger partial charge in [-0.05, 0) is 37.1 Å². The van der Waals surface area contributed by atoms with Crippen LogP contribution in [0.2, 0.25) is 0 Å². The molecule has 18 heavy (non-hydrogen) atoms. The molecule has 100 valence electrons. The topological polar surface area (TPSA) is 41.1 Å². The predicted molar refractivity (Wildman–Crippen MR) is 78.8 cm³/mol. The van der Waals surface area contributed by atoms with Crippen molar-refractivity contribution in [2.75, 3.05) is 13.1 Å². The van der Waals surface area contributed by atoms with Gasteiger partial charge in [0.05, 0.1) is 5.92 Å². The van der Waals surface area contributed by atoms with E-state index in [2.05, 4.69) is 26.6 Å². The summed E-state index contributed by atoms with van der Waals surface area (Å²) in [4.78, 5) is 11.9. The highest BCUT2D eigenvalue weighted by atomic mass is 79.9. The largest absolute Gasteiger partial charge is 0.352 e. The van der Waals surface area contributed by atoms with Gasteiger partial charge in [0.1, 0.15) is 0 Å². The number of rotatable bonds is 3. The van der Waals surface area contributed by atoms with Gasteiger partial charge in [-0.3, -0.25) is 4.79 Å². The van der Waals surface area contributed by atoms with Gasteiger partial charge < -0.3 is 10.6 Å². The number of halogens is 2. The van der Waals surface area contributed by atoms with Crippen molar-refractivity contribution in [3.63, 3.8) is 0 Å². The Kier molecular flexibility index (Phi) is 6.68. The molecule has 0 radical (unpaired) electrons. The lowest BCUT2D eigenvalue weighted by atomic mass is 9.99. The molecule has 3 nitrogen and oxygen atoms in total. The van der Waals surface area contributed by atoms with Gasteiger partial charge in [-0.25, -0.2) is 0 Å². The van der Waals surface area contributed by atoms with E-state index in [1.54, 1.807) is 0 Å². The molecule has 1 aliphatic heterocycles. The van der Waals surface area contributed by atoms with Gasteiger partial charge in [0.25, 0.3) is 0 Å². The van der Waals surface area contributed by atoms with Gasteiger partial charge in [0.15, 0.2) is 0 Å². The van der Waals surface area contributed by atoms with E-state index in [-0.39, 0.29) is 24.2 Å². The van der Waals surface area contributed by atoms with E-state index in [9.17, 15) is 4.79 Å². The molecule has 1 unspecified atom stereocenters. The Labute approximate surface area is 122 Å². The molecule has 2 N–H and O–H groups in total. The summed E-state index contributed by atoms with van der Waals surface area (Å²) in [6.45, 7) is 2.46. The highest BCUT2D eigenvalue weighted by molar-refractivity contribution is 9.10. The average Bonchev–Trinajstić information content (AvgIpc) is 2.39. The van der Waals surface area contributed by atoms with E-state index < -0.39 is 0 Å². The van der Waals surface area contributed by atoms with Crippen molar-refractivity contribution in [1.29, 1.82) is 0 Å². The lowest BCUT2D eigenvalue weighted by Gasteiger charge is -2.21. The van der Waals surface area contributed by atoms with Crippen molar-refractivity contribution in [2.24, 2.45) is 5.92 Å². The number of amides is 1. The van der Waals surface area contributed by atoms with Crippen LogP contribution in [0.25, 0.3) is 0 Å². The van der Waals surface area contributed by atoms with Crippen LogP contribution in [0.3, 0.4) is 0 Å². The van der Waals surface area contributed by atoms with E-state index in [0.717, 1.165) is 36.0 Å². The molecule has 1 aromatic carbocycles. The van der Waals surface area contributed by atoms with Crippen LogP contribution in [0.1, 0.15) is 18.4 Å². The van der Waals surface area contributed by atoms with Crippen molar-refractivity contribution in [2.45, 2.75) is 19.4 Å². The maximum atomic E-state index is 11.9. The summed E-state index contributed by atoms with van der Waals surface area (Å²) in [5, 5.41) is 6.25. The van der Waals surface area contributed by atoms with Crippen molar-refractivity contribution < 1.29 is 4.79 Å². The number of hydrogen-bond donors (Lipinski definition) is 2. The van der Waals surface area contributed by atoms with E-state index in [1.165, 1.54) is 0 Å². The van der Waals surface area contributed by atoms with Gasteiger partial charge in [-0.1, -0.05) is 28.1 Å². The summed E-state index contributed by atoms with van der Waals surface area (Å²) < 4.78 is 1.06. The minimum atomic E-state index is 0. The zero-order chi connectivity index (χ0) is 12.1. The molecule has 0 aliphatic carbocycles. The van der Waals surface area contributed by atoms with Crippen LogP contribution in [-0.4, -0.2) is 19.0 Å². The maximum absolute atomic E-state index is 11.9. The summed E-state index contributed by atoms with van der Waals surface area (Å²) in [6.07, 6.45) is 2.09. The Morgan fingerprint density at radius 1 is 1.39 bits per heavy atom. The molecule has 5 heteroatoms. The third kappa shape index (κ3) is 4.59. The second-order valence-corrected chi connectivity index (χ2v) is 5.30. The summed E-state index contributed by atoms with van der Waals surface area (Å²) in [7, 11) is 0. The van der Waals surface area contributed by atoms with Crippen molar-refractivity contribution in [3.05, 3.63) is 34.3 Å². The lowest BCUT2D eigenvalue weighted by Crippen LogP contribution is -2.40. The highest BCUT2D eigenvalue weighted by Gasteiger charge is 2.20. The zero-order valence-corrected chi connectivity index (χ0v) is 12.5. The lowest BCUT2D eigenvalue weighted by molar-refractivity contribution is -0.125. The standard InChI is InChI=1S/C13H17BrN2O.ClH/c14-12-5-3-10(4-6-12)8-16-13(17)11-2-1-7-15-9-11;/h3-6,11,15H,1-2,7-9H2,(H,16,17);1H. The smallest absolute Gasteiger partial charge is 0.224 e. The zero-order valence-electron chi connectivity index (χ0n) is 10.1. The molecular formula is C13H18BrClN2O. The van der Waals surface area contributed by atoms with Gasteiger partial charge in [0.2, 0.25) is 5.91 Å². The summed E-state index contributed by atoms with van der Waals surface area (Å²) in [5.74, 6) is 0.305. The Bertz CT molecular complexity index is 377. The number of piperidine rings is 1. The van der Waals surface area contributed by atoms with E-state index >= 15 is 0 Å². The van der Waals surface area contributed by atoms with Crippen molar-refractivity contribution in [3.8, 4) is 0 Å². The van der Waals surface area contributed by atoms with Gasteiger partial charge in [0, 0.05) is 17.6 Å². The molecule has 2 rings (SSSR count). The fraction of sp³-hybridized carbons (Fsp3) is 0.462. The predicted octanol–water partition coefficient (Wildman–Crippen LogP) is 2.49. The fourth-order valence-corrected chi connectivity index (χ4v) is 2.28. The van der Waals surface area contributed by atoms with Crippen molar-refractivity contribution in [1.82, 2.24) is 10.6 Å². The molecule has 0 bridgehead atoms. The number of benzene rings is 1. The first-order valence-corrected chi connectivity index (χ1v) is 6.78. The van der Waals surface area contributed by atoms with Crippen LogP contribution in [0.15, 0.2) is 28.7 Å². The van der Waals surface area contributed by atoms with Crippen LogP contribution < -0.4 is 10.6 Å². The molecule has 0 saturated carbocycles. The molecule has 0 spiro atoms. The Hall–Kier alpha value is -0.580. The fourth-order valence-electron chi connectivity index (χ4n) is 2.01. The second kappa shape index (κ2) is 7.77. The van der Waals surface area contributed by atoms with Crippen LogP contribution in [0, 0.1) is 5.92 Å². The van der Waals surface area contributed by atoms with Gasteiger partial charge in [-0.2, -0.15) is 0 Å². The highest BCUT2D eigenvalue weighted by Crippen LogP contribution is 2.12. The van der Waals surface area contributed by atoms with Crippen LogP contribution >= 0.6 is 28.3 Å². The SMILES string of the molecule is Cl.O=C(NCc1ccc(Br)cc1)C1CCCNC1. The Balaban J connectivity index is 0.00000162. The second-order valence-electron chi connectivity index (χ2n) is 4.39. The summed E-state index contributed by atoms with van der Waals surface area (Å²) in [6, 6.07) is 8.01. The van der Waals surface area contributed by atoms with Gasteiger partial charge >= 0.3 is 0 Å². The van der Waals surface area contributed by atoms with E-state index in [4.69, 9.17) is 0 Å². The third-order valence-corrected chi connectivity index (χ3v) is 3.58. The number of carbonyl (C=O) groups is 1. The first-order valence-electron chi connectivity index (χ1n) is 5.98. The Morgan fingerprint density at radius 2 is 2.11 bits per heavy atom. The normalized spacial score (nSPS) is 18.8. The quantitative estimate of drug-likeness (QED) is 0.892. The minimum absolute atomic E-state index is 0. The molecule has 1 heterocycles. The van der Waals surface area contributed by atoms with Crippen LogP contribution in [0.5, 0.6) is 0 Å². The molecule has 1 atom stereocenters. The molecule has 1 aliphatic rings. The maximum Gasteiger partial charge on any atom is 0.224 e. The monoisotopic (exact) mass is 332 g/mol. The number of hydrogen-bond acceptors (Lipinski definition) is 2. The first-order chi connectivity index (χ1) is 8.25. The first kappa shape index (κ1) is 15.5. The molecule has 1 saturated heterocycles. The molecule has 1 fully saturated rings. The van der Waals surface area contributed by atoms with E-state index in [1.807, 2.05) is 24.3 Å². The van der Waals surface area contributed by atoms with Crippen LogP contribution in [0.4, 0.5) is 0 Å². The van der Waals surface area contributed by atoms with Gasteiger partial charge in [-0.15, -0.1) is 12.4 Å². The summed E-state index contributed by atoms with van der Waals surface area (Å²) in [5.41, 5.74) is 1.13. The minimum Gasteiger partial charge on any atom is -0.352 e.